The van der Waals surface area contributed by atoms with Gasteiger partial charge in [-0.3, -0.25) is 9.59 Å². The largest absolute Gasteiger partial charge is 0.374 e. The van der Waals surface area contributed by atoms with Crippen LogP contribution in [0, 0.1) is 22.7 Å². The average Bonchev–Trinajstić information content (AvgIpc) is 3.14. The molecule has 0 radical (unpaired) electrons. The highest BCUT2D eigenvalue weighted by molar-refractivity contribution is 6.27. The van der Waals surface area contributed by atoms with E-state index in [1.807, 2.05) is 6.92 Å². The molecule has 0 aromatic rings. The number of ketones is 2. The van der Waals surface area contributed by atoms with E-state index in [2.05, 4.69) is 24.8 Å². The molecule has 2 aliphatic carbocycles. The van der Waals surface area contributed by atoms with Crippen LogP contribution in [0.15, 0.2) is 22.4 Å². The molecule has 24 heavy (non-hydrogen) atoms. The Labute approximate surface area is 144 Å². The van der Waals surface area contributed by atoms with Crippen LogP contribution in [-0.2, 0) is 9.59 Å². The number of allylic oxidation sites excluding steroid dienone is 4. The number of hydrogen-bond donors (Lipinski definition) is 0. The van der Waals surface area contributed by atoms with E-state index < -0.39 is 0 Å². The summed E-state index contributed by atoms with van der Waals surface area (Å²) < 4.78 is 0. The molecule has 1 heterocycles. The summed E-state index contributed by atoms with van der Waals surface area (Å²) in [5.41, 5.74) is 2.68. The van der Waals surface area contributed by atoms with Gasteiger partial charge in [0.25, 0.3) is 0 Å². The van der Waals surface area contributed by atoms with Crippen molar-refractivity contribution in [2.24, 2.45) is 11.3 Å². The lowest BCUT2D eigenvalue weighted by Gasteiger charge is -2.37. The first-order valence-electron chi connectivity index (χ1n) is 9.07. The number of carbonyl (C=O) groups is 2. The van der Waals surface area contributed by atoms with Gasteiger partial charge in [-0.1, -0.05) is 20.8 Å². The van der Waals surface area contributed by atoms with Crippen LogP contribution in [0.25, 0.3) is 0 Å². The normalized spacial score (nSPS) is 30.2. The Morgan fingerprint density at radius 3 is 2.42 bits per heavy atom. The minimum atomic E-state index is -0.194. The monoisotopic (exact) mass is 326 g/mol. The molecule has 1 saturated carbocycles. The van der Waals surface area contributed by atoms with Gasteiger partial charge in [0.15, 0.2) is 11.6 Å². The minimum Gasteiger partial charge on any atom is -0.374 e. The van der Waals surface area contributed by atoms with Crippen LogP contribution in [0.2, 0.25) is 0 Å². The number of nitrogens with zero attached hydrogens (tertiary/aromatic N) is 2. The van der Waals surface area contributed by atoms with Crippen molar-refractivity contribution in [3.63, 3.8) is 0 Å². The number of nitriles is 1. The lowest BCUT2D eigenvalue weighted by molar-refractivity contribution is -0.118. The van der Waals surface area contributed by atoms with Crippen LogP contribution < -0.4 is 0 Å². The lowest BCUT2D eigenvalue weighted by atomic mass is 9.72. The molecule has 0 aromatic carbocycles. The maximum absolute atomic E-state index is 12.7. The summed E-state index contributed by atoms with van der Waals surface area (Å²) in [6.07, 6.45) is 4.76. The van der Waals surface area contributed by atoms with Gasteiger partial charge in [-0.25, -0.2) is 0 Å². The summed E-state index contributed by atoms with van der Waals surface area (Å²) in [6, 6.07) is 2.35. The van der Waals surface area contributed by atoms with Gasteiger partial charge in [0.1, 0.15) is 6.07 Å². The second-order valence-corrected chi connectivity index (χ2v) is 8.10. The second kappa shape index (κ2) is 6.20. The molecule has 0 N–H and O–H groups in total. The van der Waals surface area contributed by atoms with Crippen LogP contribution in [0.1, 0.15) is 59.3 Å². The molecular weight excluding hydrogens is 300 g/mol. The molecule has 1 unspecified atom stereocenters. The Hall–Kier alpha value is -1.89. The van der Waals surface area contributed by atoms with Gasteiger partial charge < -0.3 is 4.90 Å². The van der Waals surface area contributed by atoms with Crippen molar-refractivity contribution < 1.29 is 9.59 Å². The van der Waals surface area contributed by atoms with Crippen LogP contribution in [0.5, 0.6) is 0 Å². The smallest absolute Gasteiger partial charge is 0.170 e. The van der Waals surface area contributed by atoms with Crippen molar-refractivity contribution >= 4 is 11.6 Å². The zero-order valence-corrected chi connectivity index (χ0v) is 14.9. The predicted octanol–water partition coefficient (Wildman–Crippen LogP) is 3.54. The molecule has 3 aliphatic rings. The fourth-order valence-electron chi connectivity index (χ4n) is 4.35. The number of rotatable bonds is 2. The van der Waals surface area contributed by atoms with Crippen molar-refractivity contribution in [1.82, 2.24) is 4.90 Å². The molecule has 0 aromatic heterocycles. The van der Waals surface area contributed by atoms with Gasteiger partial charge >= 0.3 is 0 Å². The Bertz CT molecular complexity index is 685. The summed E-state index contributed by atoms with van der Waals surface area (Å²) in [6.45, 7) is 8.22. The van der Waals surface area contributed by atoms with E-state index in [0.717, 1.165) is 43.6 Å². The van der Waals surface area contributed by atoms with Gasteiger partial charge in [0, 0.05) is 31.1 Å². The van der Waals surface area contributed by atoms with Gasteiger partial charge in [0.2, 0.25) is 0 Å². The van der Waals surface area contributed by atoms with Gasteiger partial charge in [0.05, 0.1) is 11.1 Å². The third-order valence-electron chi connectivity index (χ3n) is 5.61. The molecule has 0 amide bonds. The van der Waals surface area contributed by atoms with Crippen molar-refractivity contribution in [3.8, 4) is 6.07 Å². The Morgan fingerprint density at radius 2 is 1.88 bits per heavy atom. The third-order valence-corrected chi connectivity index (χ3v) is 5.61. The molecule has 4 nitrogen and oxygen atoms in total. The highest BCUT2D eigenvalue weighted by Crippen LogP contribution is 2.46. The van der Waals surface area contributed by atoms with E-state index in [0.29, 0.717) is 30.4 Å². The summed E-state index contributed by atoms with van der Waals surface area (Å²) in [7, 11) is 0. The predicted molar refractivity (Wildman–Crippen MR) is 91.9 cm³/mol. The lowest BCUT2D eigenvalue weighted by Crippen LogP contribution is -2.30. The Morgan fingerprint density at radius 1 is 1.21 bits per heavy atom. The summed E-state index contributed by atoms with van der Waals surface area (Å²) in [5.74, 6) is -0.294. The zero-order valence-electron chi connectivity index (χ0n) is 14.9. The first kappa shape index (κ1) is 17.0. The van der Waals surface area contributed by atoms with Crippen molar-refractivity contribution in [3.05, 3.63) is 22.4 Å². The maximum Gasteiger partial charge on any atom is 0.170 e. The van der Waals surface area contributed by atoms with Crippen LogP contribution >= 0.6 is 0 Å². The quantitative estimate of drug-likeness (QED) is 0.575. The molecule has 3 rings (SSSR count). The Kier molecular flexibility index (Phi) is 4.38. The van der Waals surface area contributed by atoms with E-state index in [4.69, 9.17) is 0 Å². The van der Waals surface area contributed by atoms with Gasteiger partial charge in [-0.2, -0.15) is 5.26 Å². The molecule has 1 aliphatic heterocycles. The molecule has 1 atom stereocenters. The van der Waals surface area contributed by atoms with Crippen LogP contribution in [0.3, 0.4) is 0 Å². The van der Waals surface area contributed by atoms with Crippen LogP contribution in [-0.4, -0.2) is 29.6 Å². The van der Waals surface area contributed by atoms with E-state index in [9.17, 15) is 14.9 Å². The molecule has 128 valence electrons. The first-order valence-corrected chi connectivity index (χ1v) is 9.07. The SMILES string of the molecule is CCC1CC(=O)/C(=C2\CC(C)(C)CC(N3CCCC3)=C2C#N)C1=O. The van der Waals surface area contributed by atoms with E-state index >= 15 is 0 Å². The summed E-state index contributed by atoms with van der Waals surface area (Å²) in [4.78, 5) is 27.5. The number of likely N-dealkylation sites (tertiary alicyclic amines) is 1. The zero-order chi connectivity index (χ0) is 17.5. The molecule has 0 bridgehead atoms. The van der Waals surface area contributed by atoms with Crippen molar-refractivity contribution in [2.45, 2.75) is 59.3 Å². The molecule has 1 saturated heterocycles. The fourth-order valence-corrected chi connectivity index (χ4v) is 4.35. The number of Topliss-reactive ketones (excluding diaryl/α,β-unsaturated/α-hetero) is 2. The third kappa shape index (κ3) is 2.81. The van der Waals surface area contributed by atoms with Crippen LogP contribution in [0.4, 0.5) is 0 Å². The van der Waals surface area contributed by atoms with E-state index in [-0.39, 0.29) is 22.9 Å². The first-order chi connectivity index (χ1) is 11.4. The summed E-state index contributed by atoms with van der Waals surface area (Å²) in [5, 5.41) is 9.83. The van der Waals surface area contributed by atoms with Gasteiger partial charge in [-0.15, -0.1) is 0 Å². The highest BCUT2D eigenvalue weighted by atomic mass is 16.2. The fraction of sp³-hybridized carbons (Fsp3) is 0.650. The molecule has 2 fully saturated rings. The summed E-state index contributed by atoms with van der Waals surface area (Å²) >= 11 is 0. The van der Waals surface area contributed by atoms with E-state index in [1.165, 1.54) is 0 Å². The van der Waals surface area contributed by atoms with Crippen molar-refractivity contribution in [1.29, 1.82) is 5.26 Å². The van der Waals surface area contributed by atoms with E-state index in [1.54, 1.807) is 0 Å². The number of carbonyl (C=O) groups excluding carboxylic acids is 2. The molecule has 0 spiro atoms. The average molecular weight is 326 g/mol. The standard InChI is InChI=1S/C20H26N2O2/c1-4-13-9-17(23)18(19(13)24)14-10-20(2,3)11-16(15(14)12-21)22-7-5-6-8-22/h13H,4-11H2,1-3H3/b18-14-. The molecule has 4 heteroatoms. The minimum absolute atomic E-state index is 0.0362. The highest BCUT2D eigenvalue weighted by Gasteiger charge is 2.42. The van der Waals surface area contributed by atoms with Crippen molar-refractivity contribution in [2.75, 3.05) is 13.1 Å². The maximum atomic E-state index is 12.7. The second-order valence-electron chi connectivity index (χ2n) is 8.10. The molecular formula is C20H26N2O2. The van der Waals surface area contributed by atoms with Gasteiger partial charge in [-0.05, 0) is 43.1 Å². The number of hydrogen-bond acceptors (Lipinski definition) is 4. The topological polar surface area (TPSA) is 61.2 Å². The Balaban J connectivity index is 2.16.